The Morgan fingerprint density at radius 2 is 1.93 bits per heavy atom. The van der Waals surface area contributed by atoms with Gasteiger partial charge in [0.2, 0.25) is 0 Å². The van der Waals surface area contributed by atoms with Crippen LogP contribution < -0.4 is 0 Å². The highest BCUT2D eigenvalue weighted by Crippen LogP contribution is 2.30. The van der Waals surface area contributed by atoms with Crippen LogP contribution in [0.15, 0.2) is 30.3 Å². The predicted octanol–water partition coefficient (Wildman–Crippen LogP) is 1.57. The molecule has 2 aliphatic rings. The molecule has 0 saturated carbocycles. The van der Waals surface area contributed by atoms with E-state index in [0.29, 0.717) is 0 Å². The number of piperazine rings is 1. The largest absolute Gasteiger partial charge is 0.301 e. The van der Waals surface area contributed by atoms with Crippen LogP contribution in [0.3, 0.4) is 0 Å². The van der Waals surface area contributed by atoms with Crippen molar-refractivity contribution in [3.63, 3.8) is 0 Å². The van der Waals surface area contributed by atoms with Gasteiger partial charge in [0, 0.05) is 31.7 Å². The van der Waals surface area contributed by atoms with E-state index in [4.69, 9.17) is 0 Å². The first-order chi connectivity index (χ1) is 7.33. The molecular weight excluding hydrogens is 184 g/mol. The molecule has 2 fully saturated rings. The predicted molar refractivity (Wildman–Crippen MR) is 61.7 cm³/mol. The molecule has 2 saturated heterocycles. The highest BCUT2D eigenvalue weighted by atomic mass is 15.3. The summed E-state index contributed by atoms with van der Waals surface area (Å²) in [7, 11) is 2.25. The van der Waals surface area contributed by atoms with E-state index in [9.17, 15) is 0 Å². The Bertz CT molecular complexity index is 334. The summed E-state index contributed by atoms with van der Waals surface area (Å²) in [6.45, 7) is 3.66. The molecule has 80 valence electrons. The summed E-state index contributed by atoms with van der Waals surface area (Å²) in [6, 6.07) is 12.4. The van der Waals surface area contributed by atoms with E-state index in [0.717, 1.165) is 18.6 Å². The first-order valence-electron chi connectivity index (χ1n) is 5.81. The first-order valence-corrected chi connectivity index (χ1v) is 5.81. The van der Waals surface area contributed by atoms with Gasteiger partial charge in [0.15, 0.2) is 0 Å². The van der Waals surface area contributed by atoms with Crippen molar-refractivity contribution in [2.24, 2.45) is 0 Å². The Kier molecular flexibility index (Phi) is 2.26. The van der Waals surface area contributed by atoms with Crippen LogP contribution in [0, 0.1) is 0 Å². The molecule has 15 heavy (non-hydrogen) atoms. The SMILES string of the molecule is CN1C[C@@H]2C[C@H]1CN2Cc1ccccc1. The quantitative estimate of drug-likeness (QED) is 0.718. The highest BCUT2D eigenvalue weighted by Gasteiger charge is 2.40. The van der Waals surface area contributed by atoms with Crippen molar-refractivity contribution in [3.8, 4) is 0 Å². The lowest BCUT2D eigenvalue weighted by molar-refractivity contribution is 0.143. The van der Waals surface area contributed by atoms with Crippen molar-refractivity contribution in [1.82, 2.24) is 9.80 Å². The van der Waals surface area contributed by atoms with Gasteiger partial charge in [-0.1, -0.05) is 30.3 Å². The number of benzene rings is 1. The summed E-state index contributed by atoms with van der Waals surface area (Å²) < 4.78 is 0. The Labute approximate surface area is 91.5 Å². The highest BCUT2D eigenvalue weighted by molar-refractivity contribution is 5.15. The van der Waals surface area contributed by atoms with Crippen LogP contribution in [0.2, 0.25) is 0 Å². The topological polar surface area (TPSA) is 6.48 Å². The molecule has 0 aromatic heterocycles. The van der Waals surface area contributed by atoms with E-state index in [1.54, 1.807) is 0 Å². The monoisotopic (exact) mass is 202 g/mol. The number of likely N-dealkylation sites (N-methyl/N-ethyl adjacent to an activating group) is 1. The zero-order valence-corrected chi connectivity index (χ0v) is 9.26. The van der Waals surface area contributed by atoms with Gasteiger partial charge in [0.1, 0.15) is 0 Å². The summed E-state index contributed by atoms with van der Waals surface area (Å²) in [5.41, 5.74) is 1.45. The van der Waals surface area contributed by atoms with Crippen LogP contribution >= 0.6 is 0 Å². The maximum absolute atomic E-state index is 2.64. The van der Waals surface area contributed by atoms with Crippen molar-refractivity contribution in [2.75, 3.05) is 20.1 Å². The standard InChI is InChI=1S/C13H18N2/c1-14-9-13-7-12(14)10-15(13)8-11-5-3-2-4-6-11/h2-6,12-13H,7-10H2,1H3/t12-,13-/m0/s1. The second-order valence-electron chi connectivity index (χ2n) is 4.90. The third-order valence-corrected chi connectivity index (χ3v) is 3.86. The van der Waals surface area contributed by atoms with Crippen LogP contribution in [-0.2, 0) is 6.54 Å². The fraction of sp³-hybridized carbons (Fsp3) is 0.538. The number of hydrogen-bond acceptors (Lipinski definition) is 2. The van der Waals surface area contributed by atoms with E-state index in [-0.39, 0.29) is 0 Å². The second-order valence-corrected chi connectivity index (χ2v) is 4.90. The minimum atomic E-state index is 0.806. The minimum absolute atomic E-state index is 0.806. The lowest BCUT2D eigenvalue weighted by Gasteiger charge is -2.31. The normalized spacial score (nSPS) is 31.3. The molecule has 3 rings (SSSR count). The average Bonchev–Trinajstić information content (AvgIpc) is 2.78. The zero-order chi connectivity index (χ0) is 10.3. The fourth-order valence-electron chi connectivity index (χ4n) is 2.96. The number of rotatable bonds is 2. The molecule has 2 atom stereocenters. The van der Waals surface area contributed by atoms with Crippen LogP contribution in [0.4, 0.5) is 0 Å². The molecule has 2 heterocycles. The van der Waals surface area contributed by atoms with E-state index in [2.05, 4.69) is 47.2 Å². The van der Waals surface area contributed by atoms with E-state index >= 15 is 0 Å². The Morgan fingerprint density at radius 1 is 1.13 bits per heavy atom. The van der Waals surface area contributed by atoms with Gasteiger partial charge in [-0.25, -0.2) is 0 Å². The van der Waals surface area contributed by atoms with Crippen molar-refractivity contribution in [3.05, 3.63) is 35.9 Å². The van der Waals surface area contributed by atoms with Gasteiger partial charge >= 0.3 is 0 Å². The Balaban J connectivity index is 1.67. The molecule has 0 aliphatic carbocycles. The van der Waals surface area contributed by atoms with Crippen molar-refractivity contribution in [2.45, 2.75) is 25.0 Å². The first kappa shape index (κ1) is 9.37. The molecule has 1 aromatic rings. The Hall–Kier alpha value is -0.860. The summed E-state index contributed by atoms with van der Waals surface area (Å²) in [6.07, 6.45) is 1.38. The molecule has 0 spiro atoms. The van der Waals surface area contributed by atoms with E-state index in [1.807, 2.05) is 0 Å². The maximum Gasteiger partial charge on any atom is 0.0242 e. The number of fused-ring (bicyclic) bond motifs is 2. The third kappa shape index (κ3) is 1.68. The van der Waals surface area contributed by atoms with Gasteiger partial charge in [-0.2, -0.15) is 0 Å². The van der Waals surface area contributed by atoms with Gasteiger partial charge in [0.25, 0.3) is 0 Å². The van der Waals surface area contributed by atoms with Gasteiger partial charge in [-0.15, -0.1) is 0 Å². The van der Waals surface area contributed by atoms with Crippen LogP contribution in [-0.4, -0.2) is 42.0 Å². The van der Waals surface area contributed by atoms with Gasteiger partial charge in [0.05, 0.1) is 0 Å². The molecular formula is C13H18N2. The van der Waals surface area contributed by atoms with Gasteiger partial charge < -0.3 is 4.90 Å². The van der Waals surface area contributed by atoms with Gasteiger partial charge in [-0.05, 0) is 19.0 Å². The summed E-state index contributed by atoms with van der Waals surface area (Å²) in [4.78, 5) is 5.14. The molecule has 2 bridgehead atoms. The van der Waals surface area contributed by atoms with Crippen molar-refractivity contribution >= 4 is 0 Å². The molecule has 2 heteroatoms. The summed E-state index contributed by atoms with van der Waals surface area (Å²) in [5.74, 6) is 0. The van der Waals surface area contributed by atoms with Gasteiger partial charge in [-0.3, -0.25) is 4.90 Å². The maximum atomic E-state index is 2.64. The minimum Gasteiger partial charge on any atom is -0.301 e. The van der Waals surface area contributed by atoms with Crippen molar-refractivity contribution < 1.29 is 0 Å². The number of nitrogens with zero attached hydrogens (tertiary/aromatic N) is 2. The van der Waals surface area contributed by atoms with Crippen LogP contribution in [0.1, 0.15) is 12.0 Å². The Morgan fingerprint density at radius 3 is 2.53 bits per heavy atom. The number of likely N-dealkylation sites (tertiary alicyclic amines) is 2. The summed E-state index contributed by atoms with van der Waals surface area (Å²) in [5, 5.41) is 0. The van der Waals surface area contributed by atoms with Crippen molar-refractivity contribution in [1.29, 1.82) is 0 Å². The molecule has 2 aliphatic heterocycles. The fourth-order valence-corrected chi connectivity index (χ4v) is 2.96. The molecule has 0 unspecified atom stereocenters. The zero-order valence-electron chi connectivity index (χ0n) is 9.26. The molecule has 1 aromatic carbocycles. The molecule has 2 nitrogen and oxygen atoms in total. The number of hydrogen-bond donors (Lipinski definition) is 0. The van der Waals surface area contributed by atoms with E-state index in [1.165, 1.54) is 25.1 Å². The lowest BCUT2D eigenvalue weighted by atomic mass is 10.2. The smallest absolute Gasteiger partial charge is 0.0242 e. The molecule has 0 N–H and O–H groups in total. The van der Waals surface area contributed by atoms with Crippen LogP contribution in [0.25, 0.3) is 0 Å². The average molecular weight is 202 g/mol. The second kappa shape index (κ2) is 3.62. The molecule has 0 radical (unpaired) electrons. The molecule has 0 amide bonds. The third-order valence-electron chi connectivity index (χ3n) is 3.86. The van der Waals surface area contributed by atoms with Crippen LogP contribution in [0.5, 0.6) is 0 Å². The summed E-state index contributed by atoms with van der Waals surface area (Å²) >= 11 is 0. The lowest BCUT2D eigenvalue weighted by Crippen LogP contribution is -2.43. The van der Waals surface area contributed by atoms with E-state index < -0.39 is 0 Å².